The lowest BCUT2D eigenvalue weighted by atomic mass is 10.1. The summed E-state index contributed by atoms with van der Waals surface area (Å²) in [7, 11) is -3.61. The van der Waals surface area contributed by atoms with Crippen molar-refractivity contribution in [2.75, 3.05) is 10.8 Å². The molecule has 0 radical (unpaired) electrons. The van der Waals surface area contributed by atoms with Crippen molar-refractivity contribution in [1.29, 1.82) is 0 Å². The highest BCUT2D eigenvalue weighted by atomic mass is 32.2. The standard InChI is InChI=1S/C18H21N3O2S/c1-3-11-21(16-7-5-14(4-2)6-8-16)24(22,23)17-9-10-18-15(12-17)13-19-20-18/h5-10,12-13H,3-4,11H2,1-2H3,(H,19,20). The van der Waals surface area contributed by atoms with Crippen molar-refractivity contribution in [3.8, 4) is 0 Å². The van der Waals surface area contributed by atoms with Crippen molar-refractivity contribution < 1.29 is 8.42 Å². The van der Waals surface area contributed by atoms with Crippen LogP contribution in [0.2, 0.25) is 0 Å². The van der Waals surface area contributed by atoms with E-state index in [-0.39, 0.29) is 4.90 Å². The van der Waals surface area contributed by atoms with Gasteiger partial charge < -0.3 is 0 Å². The Kier molecular flexibility index (Phi) is 4.57. The molecule has 5 nitrogen and oxygen atoms in total. The van der Waals surface area contributed by atoms with Gasteiger partial charge in [0, 0.05) is 11.9 Å². The normalized spacial score (nSPS) is 11.8. The van der Waals surface area contributed by atoms with E-state index < -0.39 is 10.0 Å². The lowest BCUT2D eigenvalue weighted by Gasteiger charge is -2.24. The lowest BCUT2D eigenvalue weighted by molar-refractivity contribution is 0.590. The van der Waals surface area contributed by atoms with Gasteiger partial charge in [-0.05, 0) is 48.7 Å². The molecular weight excluding hydrogens is 322 g/mol. The van der Waals surface area contributed by atoms with Crippen molar-refractivity contribution in [2.24, 2.45) is 0 Å². The average molecular weight is 343 g/mol. The zero-order valence-corrected chi connectivity index (χ0v) is 14.7. The van der Waals surface area contributed by atoms with Crippen LogP contribution in [-0.2, 0) is 16.4 Å². The molecule has 1 heterocycles. The molecule has 6 heteroatoms. The van der Waals surface area contributed by atoms with Crippen LogP contribution in [0, 0.1) is 0 Å². The van der Waals surface area contributed by atoms with Gasteiger partial charge in [0.1, 0.15) is 0 Å². The first kappa shape index (κ1) is 16.5. The molecule has 3 aromatic rings. The first-order valence-electron chi connectivity index (χ1n) is 8.11. The summed E-state index contributed by atoms with van der Waals surface area (Å²) in [5.74, 6) is 0. The molecule has 0 aliphatic rings. The summed E-state index contributed by atoms with van der Waals surface area (Å²) < 4.78 is 27.8. The number of sulfonamides is 1. The monoisotopic (exact) mass is 343 g/mol. The summed E-state index contributed by atoms with van der Waals surface area (Å²) in [4.78, 5) is 0.282. The highest BCUT2D eigenvalue weighted by Crippen LogP contribution is 2.26. The largest absolute Gasteiger partial charge is 0.278 e. The number of aromatic amines is 1. The minimum atomic E-state index is -3.61. The zero-order chi connectivity index (χ0) is 17.2. The number of nitrogens with zero attached hydrogens (tertiary/aromatic N) is 2. The smallest absolute Gasteiger partial charge is 0.264 e. The third-order valence-electron chi connectivity index (χ3n) is 4.06. The fraction of sp³-hybridized carbons (Fsp3) is 0.278. The Morgan fingerprint density at radius 2 is 1.83 bits per heavy atom. The highest BCUT2D eigenvalue weighted by molar-refractivity contribution is 7.92. The molecule has 0 unspecified atom stereocenters. The molecule has 0 amide bonds. The molecule has 24 heavy (non-hydrogen) atoms. The van der Waals surface area contributed by atoms with E-state index in [1.54, 1.807) is 24.4 Å². The number of aryl methyl sites for hydroxylation is 1. The Labute approximate surface area is 142 Å². The molecule has 0 spiro atoms. The van der Waals surface area contributed by atoms with Crippen LogP contribution in [0.15, 0.2) is 53.6 Å². The highest BCUT2D eigenvalue weighted by Gasteiger charge is 2.24. The van der Waals surface area contributed by atoms with E-state index in [9.17, 15) is 8.42 Å². The molecule has 1 N–H and O–H groups in total. The Balaban J connectivity index is 2.04. The number of nitrogens with one attached hydrogen (secondary N) is 1. The fourth-order valence-corrected chi connectivity index (χ4v) is 4.29. The molecule has 0 saturated heterocycles. The van der Waals surface area contributed by atoms with Gasteiger partial charge in [-0.15, -0.1) is 0 Å². The molecule has 0 atom stereocenters. The van der Waals surface area contributed by atoms with Crippen molar-refractivity contribution in [2.45, 2.75) is 31.6 Å². The average Bonchev–Trinajstić information content (AvgIpc) is 3.07. The third-order valence-corrected chi connectivity index (χ3v) is 5.88. The van der Waals surface area contributed by atoms with Gasteiger partial charge in [0.15, 0.2) is 0 Å². The quantitative estimate of drug-likeness (QED) is 0.741. The van der Waals surface area contributed by atoms with Crippen LogP contribution < -0.4 is 4.31 Å². The minimum absolute atomic E-state index is 0.282. The van der Waals surface area contributed by atoms with Crippen LogP contribution >= 0.6 is 0 Å². The Hall–Kier alpha value is -2.34. The molecule has 126 valence electrons. The number of anilines is 1. The molecule has 0 fully saturated rings. The van der Waals surface area contributed by atoms with Gasteiger partial charge in [0.05, 0.1) is 22.3 Å². The van der Waals surface area contributed by atoms with Crippen molar-refractivity contribution in [3.05, 3.63) is 54.2 Å². The number of fused-ring (bicyclic) bond motifs is 1. The Morgan fingerprint density at radius 1 is 1.08 bits per heavy atom. The molecule has 0 aliphatic heterocycles. The molecule has 0 bridgehead atoms. The van der Waals surface area contributed by atoms with Crippen LogP contribution in [0.3, 0.4) is 0 Å². The fourth-order valence-electron chi connectivity index (χ4n) is 2.70. The van der Waals surface area contributed by atoms with Crippen LogP contribution in [0.1, 0.15) is 25.8 Å². The number of aromatic nitrogens is 2. The summed E-state index contributed by atoms with van der Waals surface area (Å²) in [5, 5.41) is 7.57. The van der Waals surface area contributed by atoms with Gasteiger partial charge >= 0.3 is 0 Å². The SMILES string of the molecule is CCCN(c1ccc(CC)cc1)S(=O)(=O)c1ccc2[nH]ncc2c1. The van der Waals surface area contributed by atoms with E-state index in [0.29, 0.717) is 12.2 Å². The van der Waals surface area contributed by atoms with Crippen LogP contribution in [0.25, 0.3) is 10.9 Å². The summed E-state index contributed by atoms with van der Waals surface area (Å²) in [6, 6.07) is 12.8. The maximum atomic E-state index is 13.1. The number of hydrogen-bond acceptors (Lipinski definition) is 3. The number of rotatable bonds is 6. The van der Waals surface area contributed by atoms with E-state index in [0.717, 1.165) is 23.7 Å². The summed E-state index contributed by atoms with van der Waals surface area (Å²) >= 11 is 0. The number of benzene rings is 2. The lowest BCUT2D eigenvalue weighted by Crippen LogP contribution is -2.31. The van der Waals surface area contributed by atoms with Gasteiger partial charge in [-0.2, -0.15) is 5.10 Å². The Bertz CT molecular complexity index is 930. The Morgan fingerprint density at radius 3 is 2.50 bits per heavy atom. The van der Waals surface area contributed by atoms with E-state index in [1.165, 1.54) is 9.87 Å². The molecule has 2 aromatic carbocycles. The van der Waals surface area contributed by atoms with Crippen LogP contribution in [-0.4, -0.2) is 25.2 Å². The molecule has 0 aliphatic carbocycles. The molecule has 1 aromatic heterocycles. The van der Waals surface area contributed by atoms with Crippen molar-refractivity contribution in [1.82, 2.24) is 10.2 Å². The van der Waals surface area contributed by atoms with Crippen LogP contribution in [0.5, 0.6) is 0 Å². The topological polar surface area (TPSA) is 66.1 Å². The van der Waals surface area contributed by atoms with Gasteiger partial charge in [0.2, 0.25) is 0 Å². The van der Waals surface area contributed by atoms with Gasteiger partial charge in [-0.25, -0.2) is 8.42 Å². The summed E-state index contributed by atoms with van der Waals surface area (Å²) in [5.41, 5.74) is 2.71. The maximum Gasteiger partial charge on any atom is 0.264 e. The second kappa shape index (κ2) is 6.65. The van der Waals surface area contributed by atoms with Gasteiger partial charge in [-0.3, -0.25) is 9.40 Å². The second-order valence-corrected chi connectivity index (χ2v) is 7.58. The van der Waals surface area contributed by atoms with E-state index >= 15 is 0 Å². The summed E-state index contributed by atoms with van der Waals surface area (Å²) in [6.07, 6.45) is 3.30. The van der Waals surface area contributed by atoms with E-state index in [2.05, 4.69) is 17.1 Å². The minimum Gasteiger partial charge on any atom is -0.278 e. The second-order valence-electron chi connectivity index (χ2n) is 5.72. The third kappa shape index (κ3) is 3.01. The molecule has 3 rings (SSSR count). The van der Waals surface area contributed by atoms with Crippen molar-refractivity contribution in [3.63, 3.8) is 0 Å². The summed E-state index contributed by atoms with van der Waals surface area (Å²) in [6.45, 7) is 4.50. The first-order valence-corrected chi connectivity index (χ1v) is 9.55. The molecule has 0 saturated carbocycles. The maximum absolute atomic E-state index is 13.1. The van der Waals surface area contributed by atoms with Gasteiger partial charge in [0.25, 0.3) is 10.0 Å². The predicted molar refractivity (Wildman–Crippen MR) is 96.7 cm³/mol. The molecular formula is C18H21N3O2S. The van der Waals surface area contributed by atoms with Crippen molar-refractivity contribution >= 4 is 26.6 Å². The zero-order valence-electron chi connectivity index (χ0n) is 13.9. The first-order chi connectivity index (χ1) is 11.6. The predicted octanol–water partition coefficient (Wildman–Crippen LogP) is 3.73. The van der Waals surface area contributed by atoms with Crippen LogP contribution in [0.4, 0.5) is 5.69 Å². The van der Waals surface area contributed by atoms with Gasteiger partial charge in [-0.1, -0.05) is 26.0 Å². The van der Waals surface area contributed by atoms with E-state index in [4.69, 9.17) is 0 Å². The van der Waals surface area contributed by atoms with E-state index in [1.807, 2.05) is 31.2 Å². The number of hydrogen-bond donors (Lipinski definition) is 1. The number of H-pyrrole nitrogens is 1.